The summed E-state index contributed by atoms with van der Waals surface area (Å²) in [5, 5.41) is 15.5. The fraction of sp³-hybridized carbons (Fsp3) is 0.607. The molecule has 0 bridgehead atoms. The molecule has 210 valence electrons. The lowest BCUT2D eigenvalue weighted by Gasteiger charge is -2.53. The number of benzene rings is 1. The summed E-state index contributed by atoms with van der Waals surface area (Å²) in [5.74, 6) is -2.52. The van der Waals surface area contributed by atoms with E-state index >= 15 is 0 Å². The molecular formula is C28H36F2N6O3. The Hall–Kier alpha value is -3.05. The first kappa shape index (κ1) is 26.2. The number of halogens is 2. The van der Waals surface area contributed by atoms with Crippen molar-refractivity contribution in [3.05, 3.63) is 58.6 Å². The third-order valence-electron chi connectivity index (χ3n) is 9.25. The second kappa shape index (κ2) is 9.85. The van der Waals surface area contributed by atoms with E-state index in [9.17, 15) is 23.5 Å². The highest BCUT2D eigenvalue weighted by Crippen LogP contribution is 2.51. The average Bonchev–Trinajstić information content (AvgIpc) is 3.40. The van der Waals surface area contributed by atoms with Gasteiger partial charge in [-0.05, 0) is 24.8 Å². The van der Waals surface area contributed by atoms with E-state index in [0.29, 0.717) is 32.6 Å². The molecule has 1 saturated carbocycles. The summed E-state index contributed by atoms with van der Waals surface area (Å²) in [4.78, 5) is 36.3. The molecule has 3 saturated heterocycles. The van der Waals surface area contributed by atoms with Crippen LogP contribution in [0.2, 0.25) is 0 Å². The van der Waals surface area contributed by atoms with Crippen molar-refractivity contribution in [1.29, 1.82) is 0 Å². The molecule has 4 heterocycles. The number of nitrogens with one attached hydrogen (secondary N) is 1. The van der Waals surface area contributed by atoms with Crippen molar-refractivity contribution in [2.24, 2.45) is 5.41 Å². The number of hydrogen-bond acceptors (Lipinski definition) is 6. The minimum Gasteiger partial charge on any atom is -0.387 e. The molecule has 3 aliphatic heterocycles. The van der Waals surface area contributed by atoms with Crippen LogP contribution in [0.3, 0.4) is 0 Å². The Bertz CT molecular complexity index is 1260. The molecule has 1 aliphatic carbocycles. The normalized spacial score (nSPS) is 28.0. The highest BCUT2D eigenvalue weighted by Gasteiger charge is 2.56. The van der Waals surface area contributed by atoms with Crippen molar-refractivity contribution in [2.75, 3.05) is 50.7 Å². The molecule has 1 aromatic carbocycles. The van der Waals surface area contributed by atoms with Gasteiger partial charge in [0, 0.05) is 44.2 Å². The Morgan fingerprint density at radius 3 is 2.51 bits per heavy atom. The van der Waals surface area contributed by atoms with Crippen LogP contribution in [-0.4, -0.2) is 87.8 Å². The van der Waals surface area contributed by atoms with Crippen LogP contribution in [-0.2, 0) is 6.54 Å². The van der Waals surface area contributed by atoms with Crippen LogP contribution in [0.5, 0.6) is 0 Å². The number of rotatable bonds is 4. The highest BCUT2D eigenvalue weighted by molar-refractivity contribution is 5.75. The number of amides is 2. The van der Waals surface area contributed by atoms with Gasteiger partial charge in [-0.25, -0.2) is 18.6 Å². The number of alkyl halides is 2. The Labute approximate surface area is 226 Å². The lowest BCUT2D eigenvalue weighted by Crippen LogP contribution is -2.64. The summed E-state index contributed by atoms with van der Waals surface area (Å²) < 4.78 is 27.9. The topological polar surface area (TPSA) is 93.9 Å². The second-order valence-electron chi connectivity index (χ2n) is 11.7. The summed E-state index contributed by atoms with van der Waals surface area (Å²) in [7, 11) is 0. The van der Waals surface area contributed by atoms with Gasteiger partial charge < -0.3 is 25.1 Å². The Balaban J connectivity index is 1.20. The maximum absolute atomic E-state index is 13.9. The van der Waals surface area contributed by atoms with Crippen molar-refractivity contribution in [3.63, 3.8) is 0 Å². The number of anilines is 1. The van der Waals surface area contributed by atoms with Gasteiger partial charge in [-0.15, -0.1) is 0 Å². The fourth-order valence-electron chi connectivity index (χ4n) is 7.01. The molecule has 1 aromatic heterocycles. The molecule has 1 spiro atoms. The van der Waals surface area contributed by atoms with Gasteiger partial charge in [0.1, 0.15) is 5.82 Å². The molecule has 2 N–H and O–H groups in total. The minimum atomic E-state index is -2.75. The lowest BCUT2D eigenvalue weighted by atomic mass is 9.66. The summed E-state index contributed by atoms with van der Waals surface area (Å²) in [5.41, 5.74) is -0.977. The summed E-state index contributed by atoms with van der Waals surface area (Å²) in [6.45, 7) is 2.05. The number of nitrogens with zero attached hydrogens (tertiary/aromatic N) is 5. The molecule has 11 heteroatoms. The van der Waals surface area contributed by atoms with Gasteiger partial charge in [-0.3, -0.25) is 9.36 Å². The number of likely N-dealkylation sites (tertiary alicyclic amines) is 1. The number of urea groups is 1. The number of hydrogen-bond donors (Lipinski definition) is 2. The van der Waals surface area contributed by atoms with Crippen LogP contribution in [0, 0.1) is 5.41 Å². The third-order valence-corrected chi connectivity index (χ3v) is 9.25. The number of aromatic nitrogens is 2. The Kier molecular flexibility index (Phi) is 6.61. The number of aliphatic hydroxyl groups is 1. The van der Waals surface area contributed by atoms with Gasteiger partial charge in [0.2, 0.25) is 0 Å². The zero-order valence-electron chi connectivity index (χ0n) is 22.1. The Morgan fingerprint density at radius 2 is 1.82 bits per heavy atom. The third kappa shape index (κ3) is 4.80. The van der Waals surface area contributed by atoms with Gasteiger partial charge in [-0.2, -0.15) is 0 Å². The first-order valence-electron chi connectivity index (χ1n) is 13.9. The number of piperidine rings is 1. The predicted octanol–water partition coefficient (Wildman–Crippen LogP) is 2.46. The maximum atomic E-state index is 13.9. The van der Waals surface area contributed by atoms with Crippen LogP contribution in [0.15, 0.2) is 47.5 Å². The first-order chi connectivity index (χ1) is 18.7. The van der Waals surface area contributed by atoms with Crippen molar-refractivity contribution >= 4 is 11.8 Å². The van der Waals surface area contributed by atoms with Crippen molar-refractivity contribution in [1.82, 2.24) is 24.7 Å². The molecule has 39 heavy (non-hydrogen) atoms. The SMILES string of the molecule is O=C(N1CC[C@@](O)(Cn2cnc(N3CC(F)(F)C3)cc2=O)C2(CCCC2)C1)N1CCNC[C@H]1c1ccccc1. The molecule has 6 rings (SSSR count). The van der Waals surface area contributed by atoms with Crippen LogP contribution in [0.25, 0.3) is 0 Å². The number of carbonyl (C=O) groups is 1. The van der Waals surface area contributed by atoms with Crippen molar-refractivity contribution < 1.29 is 18.7 Å². The zero-order chi connectivity index (χ0) is 27.3. The van der Waals surface area contributed by atoms with E-state index in [4.69, 9.17) is 0 Å². The first-order valence-corrected chi connectivity index (χ1v) is 13.9. The van der Waals surface area contributed by atoms with Crippen LogP contribution in [0.1, 0.15) is 43.7 Å². The molecule has 4 aliphatic rings. The Morgan fingerprint density at radius 1 is 1.08 bits per heavy atom. The molecule has 4 fully saturated rings. The summed E-state index contributed by atoms with van der Waals surface area (Å²) >= 11 is 0. The standard InChI is InChI=1S/C28H36F2N6O3/c29-28(30)18-34(19-28)23-14-24(37)35(20-32-23)17-27(39)10-12-33(16-26(27)8-4-5-9-26)25(38)36-13-11-31-15-22(36)21-6-2-1-3-7-21/h1-3,6-7,14,20,22,31,39H,4-5,8-13,15-19H2/t22-,27+/m0/s1. The van der Waals surface area contributed by atoms with E-state index in [-0.39, 0.29) is 30.0 Å². The van der Waals surface area contributed by atoms with Gasteiger partial charge >= 0.3 is 6.03 Å². The molecule has 2 aromatic rings. The maximum Gasteiger partial charge on any atom is 0.320 e. The minimum absolute atomic E-state index is 0.00628. The van der Waals surface area contributed by atoms with E-state index in [1.54, 1.807) is 0 Å². The number of piperazine rings is 1. The quantitative estimate of drug-likeness (QED) is 0.617. The second-order valence-corrected chi connectivity index (χ2v) is 11.7. The van der Waals surface area contributed by atoms with Gasteiger partial charge in [0.15, 0.2) is 0 Å². The van der Waals surface area contributed by atoms with E-state index in [2.05, 4.69) is 22.4 Å². The molecule has 2 amide bonds. The van der Waals surface area contributed by atoms with Crippen LogP contribution >= 0.6 is 0 Å². The van der Waals surface area contributed by atoms with E-state index in [0.717, 1.165) is 37.8 Å². The monoisotopic (exact) mass is 542 g/mol. The van der Waals surface area contributed by atoms with Gasteiger partial charge in [0.25, 0.3) is 11.5 Å². The summed E-state index contributed by atoms with van der Waals surface area (Å²) in [6.07, 6.45) is 5.19. The molecule has 9 nitrogen and oxygen atoms in total. The van der Waals surface area contributed by atoms with Crippen molar-refractivity contribution in [3.8, 4) is 0 Å². The van der Waals surface area contributed by atoms with E-state index in [1.165, 1.54) is 21.9 Å². The fourth-order valence-corrected chi connectivity index (χ4v) is 7.01. The predicted molar refractivity (Wildman–Crippen MR) is 142 cm³/mol. The largest absolute Gasteiger partial charge is 0.387 e. The molecule has 0 radical (unpaired) electrons. The van der Waals surface area contributed by atoms with Gasteiger partial charge in [0.05, 0.1) is 37.6 Å². The molecular weight excluding hydrogens is 506 g/mol. The highest BCUT2D eigenvalue weighted by atomic mass is 19.3. The zero-order valence-corrected chi connectivity index (χ0v) is 22.1. The van der Waals surface area contributed by atoms with Crippen LogP contribution in [0.4, 0.5) is 19.4 Å². The average molecular weight is 543 g/mol. The smallest absolute Gasteiger partial charge is 0.320 e. The van der Waals surface area contributed by atoms with Crippen molar-refractivity contribution in [2.45, 2.75) is 56.2 Å². The molecule has 2 atom stereocenters. The summed E-state index contributed by atoms with van der Waals surface area (Å²) in [6, 6.07) is 11.3. The molecule has 0 unspecified atom stereocenters. The lowest BCUT2D eigenvalue weighted by molar-refractivity contribution is -0.137. The van der Waals surface area contributed by atoms with E-state index < -0.39 is 30.0 Å². The van der Waals surface area contributed by atoms with Crippen LogP contribution < -0.4 is 15.8 Å². The van der Waals surface area contributed by atoms with Gasteiger partial charge in [-0.1, -0.05) is 43.2 Å². The number of carbonyl (C=O) groups excluding carboxylic acids is 1. The van der Waals surface area contributed by atoms with E-state index in [1.807, 2.05) is 28.0 Å².